The first-order valence-corrected chi connectivity index (χ1v) is 10.8. The van der Waals surface area contributed by atoms with E-state index in [0.29, 0.717) is 19.4 Å². The molecule has 1 aromatic rings. The second kappa shape index (κ2) is 7.93. The van der Waals surface area contributed by atoms with Gasteiger partial charge in [0.2, 0.25) is 15.9 Å². The van der Waals surface area contributed by atoms with E-state index < -0.39 is 14.9 Å². The number of nitro benzene ring substituents is 1. The normalized spacial score (nSPS) is 24.6. The Bertz CT molecular complexity index is 809. The van der Waals surface area contributed by atoms with Crippen LogP contribution in [0.4, 0.5) is 5.69 Å². The molecule has 3 rings (SSSR count). The number of benzene rings is 1. The Balaban J connectivity index is 1.74. The van der Waals surface area contributed by atoms with Crippen molar-refractivity contribution in [3.8, 4) is 0 Å². The van der Waals surface area contributed by atoms with Gasteiger partial charge in [0.1, 0.15) is 0 Å². The number of piperidine rings is 2. The maximum Gasteiger partial charge on any atom is 0.269 e. The summed E-state index contributed by atoms with van der Waals surface area (Å²) in [7, 11) is -3.78. The third-order valence-corrected chi connectivity index (χ3v) is 7.38. The van der Waals surface area contributed by atoms with Crippen molar-refractivity contribution in [2.75, 3.05) is 19.6 Å². The van der Waals surface area contributed by atoms with E-state index in [9.17, 15) is 23.3 Å². The molecule has 2 saturated heterocycles. The van der Waals surface area contributed by atoms with E-state index in [2.05, 4.69) is 0 Å². The predicted molar refractivity (Wildman–Crippen MR) is 99.6 cm³/mol. The summed E-state index contributed by atoms with van der Waals surface area (Å²) in [6.07, 6.45) is 4.42. The molecule has 2 fully saturated rings. The molecule has 0 N–H and O–H groups in total. The second-order valence-corrected chi connectivity index (χ2v) is 9.27. The minimum absolute atomic E-state index is 0.0209. The number of likely N-dealkylation sites (tertiary alicyclic amines) is 1. The first-order chi connectivity index (χ1) is 12.8. The van der Waals surface area contributed by atoms with Gasteiger partial charge in [0.15, 0.2) is 0 Å². The Morgan fingerprint density at radius 3 is 2.44 bits per heavy atom. The summed E-state index contributed by atoms with van der Waals surface area (Å²) >= 11 is 0. The fraction of sp³-hybridized carbons (Fsp3) is 0.611. The molecule has 0 spiro atoms. The number of rotatable bonds is 4. The van der Waals surface area contributed by atoms with Crippen LogP contribution >= 0.6 is 0 Å². The molecular formula is C18H25N3O5S. The molecule has 2 aliphatic rings. The smallest absolute Gasteiger partial charge is 0.269 e. The zero-order chi connectivity index (χ0) is 19.6. The molecule has 2 aliphatic heterocycles. The molecule has 148 valence electrons. The van der Waals surface area contributed by atoms with E-state index in [1.54, 1.807) is 0 Å². The maximum atomic E-state index is 12.9. The van der Waals surface area contributed by atoms with Crippen molar-refractivity contribution in [3.05, 3.63) is 34.4 Å². The van der Waals surface area contributed by atoms with Crippen molar-refractivity contribution in [2.45, 2.75) is 50.0 Å². The molecule has 1 aromatic carbocycles. The quantitative estimate of drug-likeness (QED) is 0.575. The summed E-state index contributed by atoms with van der Waals surface area (Å²) in [5.74, 6) is -0.280. The Morgan fingerprint density at radius 1 is 1.11 bits per heavy atom. The fourth-order valence-electron chi connectivity index (χ4n) is 3.91. The standard InChI is InChI=1S/C18H25N3O5S/c1-14-5-2-3-12-20(14)18(22)15-6-4-11-19(13-15)27(25,26)17-9-7-16(8-10-17)21(23)24/h7-10,14-15H,2-6,11-13H2,1H3/t14-,15+/m1/s1. The largest absolute Gasteiger partial charge is 0.340 e. The average molecular weight is 395 g/mol. The van der Waals surface area contributed by atoms with Crippen LogP contribution in [-0.2, 0) is 14.8 Å². The third-order valence-electron chi connectivity index (χ3n) is 5.50. The van der Waals surface area contributed by atoms with Gasteiger partial charge in [-0.15, -0.1) is 0 Å². The first-order valence-electron chi connectivity index (χ1n) is 9.36. The summed E-state index contributed by atoms with van der Waals surface area (Å²) in [4.78, 5) is 25.0. The minimum atomic E-state index is -3.78. The lowest BCUT2D eigenvalue weighted by Crippen LogP contribution is -2.50. The van der Waals surface area contributed by atoms with Crippen molar-refractivity contribution in [3.63, 3.8) is 0 Å². The van der Waals surface area contributed by atoms with E-state index in [-0.39, 0.29) is 35.0 Å². The van der Waals surface area contributed by atoms with Crippen LogP contribution in [0.15, 0.2) is 29.2 Å². The highest BCUT2D eigenvalue weighted by atomic mass is 32.2. The molecule has 8 nitrogen and oxygen atoms in total. The zero-order valence-corrected chi connectivity index (χ0v) is 16.2. The minimum Gasteiger partial charge on any atom is -0.340 e. The van der Waals surface area contributed by atoms with Crippen LogP contribution in [0.1, 0.15) is 39.0 Å². The van der Waals surface area contributed by atoms with Gasteiger partial charge in [0.05, 0.1) is 15.7 Å². The van der Waals surface area contributed by atoms with Crippen molar-refractivity contribution in [2.24, 2.45) is 5.92 Å². The van der Waals surface area contributed by atoms with Crippen LogP contribution in [0.3, 0.4) is 0 Å². The number of hydrogen-bond acceptors (Lipinski definition) is 5. The predicted octanol–water partition coefficient (Wildman–Crippen LogP) is 2.40. The molecule has 27 heavy (non-hydrogen) atoms. The summed E-state index contributed by atoms with van der Waals surface area (Å²) in [6, 6.07) is 5.09. The van der Waals surface area contributed by atoms with Gasteiger partial charge in [-0.2, -0.15) is 4.31 Å². The van der Waals surface area contributed by atoms with Crippen LogP contribution in [-0.4, -0.2) is 54.1 Å². The van der Waals surface area contributed by atoms with Gasteiger partial charge < -0.3 is 4.90 Å². The molecule has 0 aromatic heterocycles. The Kier molecular flexibility index (Phi) is 5.81. The lowest BCUT2D eigenvalue weighted by atomic mass is 9.95. The van der Waals surface area contributed by atoms with Crippen molar-refractivity contribution in [1.82, 2.24) is 9.21 Å². The van der Waals surface area contributed by atoms with E-state index in [1.807, 2.05) is 11.8 Å². The molecule has 0 aliphatic carbocycles. The highest BCUT2D eigenvalue weighted by molar-refractivity contribution is 7.89. The molecule has 2 atom stereocenters. The number of nitrogens with zero attached hydrogens (tertiary/aromatic N) is 3. The topological polar surface area (TPSA) is 101 Å². The number of amides is 1. The lowest BCUT2D eigenvalue weighted by molar-refractivity contribution is -0.384. The second-order valence-electron chi connectivity index (χ2n) is 7.33. The van der Waals surface area contributed by atoms with Gasteiger partial charge in [-0.3, -0.25) is 14.9 Å². The molecule has 2 heterocycles. The first kappa shape index (κ1) is 19.8. The number of sulfonamides is 1. The van der Waals surface area contributed by atoms with Crippen LogP contribution in [0, 0.1) is 16.0 Å². The lowest BCUT2D eigenvalue weighted by Gasteiger charge is -2.38. The van der Waals surface area contributed by atoms with Gasteiger partial charge in [0, 0.05) is 37.8 Å². The van der Waals surface area contributed by atoms with Gasteiger partial charge in [-0.1, -0.05) is 0 Å². The van der Waals surface area contributed by atoms with Crippen LogP contribution in [0.5, 0.6) is 0 Å². The molecule has 0 radical (unpaired) electrons. The highest BCUT2D eigenvalue weighted by Crippen LogP contribution is 2.28. The van der Waals surface area contributed by atoms with E-state index >= 15 is 0 Å². The fourth-order valence-corrected chi connectivity index (χ4v) is 5.44. The Morgan fingerprint density at radius 2 is 1.81 bits per heavy atom. The summed E-state index contributed by atoms with van der Waals surface area (Å²) in [6.45, 7) is 3.32. The number of hydrogen-bond donors (Lipinski definition) is 0. The van der Waals surface area contributed by atoms with Crippen molar-refractivity contribution >= 4 is 21.6 Å². The maximum absolute atomic E-state index is 12.9. The van der Waals surface area contributed by atoms with Gasteiger partial charge >= 0.3 is 0 Å². The van der Waals surface area contributed by atoms with Gasteiger partial charge in [-0.05, 0) is 51.2 Å². The zero-order valence-electron chi connectivity index (χ0n) is 15.4. The summed E-state index contributed by atoms with van der Waals surface area (Å²) < 4.78 is 27.2. The third kappa shape index (κ3) is 4.14. The number of carbonyl (C=O) groups is 1. The number of carbonyl (C=O) groups excluding carboxylic acids is 1. The molecule has 0 bridgehead atoms. The monoisotopic (exact) mass is 395 g/mol. The Labute approximate surface area is 159 Å². The summed E-state index contributed by atoms with van der Waals surface area (Å²) in [5, 5.41) is 10.8. The van der Waals surface area contributed by atoms with E-state index in [4.69, 9.17) is 0 Å². The molecule has 9 heteroatoms. The van der Waals surface area contributed by atoms with Gasteiger partial charge in [0.25, 0.3) is 5.69 Å². The van der Waals surface area contributed by atoms with Crippen LogP contribution in [0.25, 0.3) is 0 Å². The summed E-state index contributed by atoms with van der Waals surface area (Å²) in [5.41, 5.74) is -0.153. The highest BCUT2D eigenvalue weighted by Gasteiger charge is 2.36. The number of non-ortho nitro benzene ring substituents is 1. The molecular weight excluding hydrogens is 370 g/mol. The van der Waals surface area contributed by atoms with E-state index in [0.717, 1.165) is 25.8 Å². The molecule has 1 amide bonds. The van der Waals surface area contributed by atoms with Crippen LogP contribution < -0.4 is 0 Å². The van der Waals surface area contributed by atoms with Gasteiger partial charge in [-0.25, -0.2) is 8.42 Å². The molecule has 0 saturated carbocycles. The molecule has 0 unspecified atom stereocenters. The van der Waals surface area contributed by atoms with E-state index in [1.165, 1.54) is 28.6 Å². The van der Waals surface area contributed by atoms with Crippen molar-refractivity contribution < 1.29 is 18.1 Å². The Hall–Kier alpha value is -2.00. The average Bonchev–Trinajstić information content (AvgIpc) is 2.68. The van der Waals surface area contributed by atoms with Crippen molar-refractivity contribution in [1.29, 1.82) is 0 Å². The SMILES string of the molecule is C[C@@H]1CCCCN1C(=O)[C@H]1CCCN(S(=O)(=O)c2ccc([N+](=O)[O-])cc2)C1. The van der Waals surface area contributed by atoms with Crippen LogP contribution in [0.2, 0.25) is 0 Å². The number of nitro groups is 1.